The van der Waals surface area contributed by atoms with Crippen molar-refractivity contribution in [2.45, 2.75) is 6.92 Å². The fourth-order valence-electron chi connectivity index (χ4n) is 1.59. The van der Waals surface area contributed by atoms with Crippen molar-refractivity contribution in [3.05, 3.63) is 56.0 Å². The van der Waals surface area contributed by atoms with Crippen LogP contribution in [0.2, 0.25) is 10.0 Å². The third-order valence-corrected chi connectivity index (χ3v) is 4.25. The highest BCUT2D eigenvalue weighted by Crippen LogP contribution is 2.29. The molecule has 0 aromatic heterocycles. The molecule has 2 aromatic rings. The molecule has 20 heavy (non-hydrogen) atoms. The van der Waals surface area contributed by atoms with Crippen molar-refractivity contribution < 1.29 is 4.79 Å². The van der Waals surface area contributed by atoms with E-state index in [0.29, 0.717) is 11.3 Å². The Bertz CT molecular complexity index is 666. The lowest BCUT2D eigenvalue weighted by Crippen LogP contribution is -2.12. The van der Waals surface area contributed by atoms with Crippen LogP contribution in [0.5, 0.6) is 0 Å². The molecule has 0 fully saturated rings. The first kappa shape index (κ1) is 15.2. The first-order chi connectivity index (χ1) is 9.38. The van der Waals surface area contributed by atoms with E-state index in [9.17, 15) is 4.79 Å². The molecule has 0 aliphatic rings. The number of amides is 1. The minimum atomic E-state index is -0.301. The molecule has 0 heterocycles. The van der Waals surface area contributed by atoms with Crippen molar-refractivity contribution >= 4 is 56.4 Å². The molecule has 104 valence electrons. The van der Waals surface area contributed by atoms with E-state index in [2.05, 4.69) is 21.2 Å². The van der Waals surface area contributed by atoms with E-state index in [1.165, 1.54) is 12.1 Å². The van der Waals surface area contributed by atoms with E-state index in [4.69, 9.17) is 28.9 Å². The molecular weight excluding hydrogens is 363 g/mol. The zero-order chi connectivity index (χ0) is 14.9. The van der Waals surface area contributed by atoms with Crippen molar-refractivity contribution in [1.29, 1.82) is 0 Å². The third-order valence-electron chi connectivity index (χ3n) is 2.77. The van der Waals surface area contributed by atoms with Gasteiger partial charge in [-0.3, -0.25) is 4.79 Å². The number of hydrogen-bond donors (Lipinski definition) is 2. The second kappa shape index (κ2) is 6.04. The average molecular weight is 374 g/mol. The van der Waals surface area contributed by atoms with Crippen LogP contribution in [0.1, 0.15) is 15.9 Å². The predicted octanol–water partition coefficient (Wildman–Crippen LogP) is 4.90. The highest BCUT2D eigenvalue weighted by atomic mass is 79.9. The summed E-state index contributed by atoms with van der Waals surface area (Å²) in [6.07, 6.45) is 0. The highest BCUT2D eigenvalue weighted by molar-refractivity contribution is 9.10. The van der Waals surface area contributed by atoms with E-state index in [1.807, 2.05) is 25.1 Å². The van der Waals surface area contributed by atoms with Gasteiger partial charge in [-0.25, -0.2) is 0 Å². The largest absolute Gasteiger partial charge is 0.396 e. The van der Waals surface area contributed by atoms with Crippen molar-refractivity contribution in [1.82, 2.24) is 0 Å². The van der Waals surface area contributed by atoms with Crippen LogP contribution >= 0.6 is 39.1 Å². The van der Waals surface area contributed by atoms with E-state index in [0.717, 1.165) is 10.0 Å². The van der Waals surface area contributed by atoms with Gasteiger partial charge in [0.2, 0.25) is 0 Å². The summed E-state index contributed by atoms with van der Waals surface area (Å²) in [5.41, 5.74) is 8.02. The van der Waals surface area contributed by atoms with Gasteiger partial charge in [0, 0.05) is 15.7 Å². The summed E-state index contributed by atoms with van der Waals surface area (Å²) < 4.78 is 0.920. The Balaban J connectivity index is 2.26. The van der Waals surface area contributed by atoms with Crippen molar-refractivity contribution in [2.75, 3.05) is 11.1 Å². The van der Waals surface area contributed by atoms with Gasteiger partial charge in [0.15, 0.2) is 0 Å². The van der Waals surface area contributed by atoms with Gasteiger partial charge in [0.25, 0.3) is 5.91 Å². The summed E-state index contributed by atoms with van der Waals surface area (Å²) in [6.45, 7) is 1.97. The average Bonchev–Trinajstić information content (AvgIpc) is 2.39. The Morgan fingerprint density at radius 2 is 1.80 bits per heavy atom. The van der Waals surface area contributed by atoms with Gasteiger partial charge in [-0.1, -0.05) is 45.2 Å². The number of rotatable bonds is 2. The monoisotopic (exact) mass is 372 g/mol. The number of hydrogen-bond acceptors (Lipinski definition) is 2. The number of nitrogens with one attached hydrogen (secondary N) is 1. The number of nitrogen functional groups attached to an aromatic ring is 1. The van der Waals surface area contributed by atoms with Gasteiger partial charge >= 0.3 is 0 Å². The van der Waals surface area contributed by atoms with Gasteiger partial charge in [-0.2, -0.15) is 0 Å². The summed E-state index contributed by atoms with van der Waals surface area (Å²) in [4.78, 5) is 12.1. The van der Waals surface area contributed by atoms with Crippen molar-refractivity contribution in [3.8, 4) is 0 Å². The zero-order valence-electron chi connectivity index (χ0n) is 10.5. The van der Waals surface area contributed by atoms with Crippen LogP contribution in [0.4, 0.5) is 11.4 Å². The normalized spacial score (nSPS) is 10.4. The van der Waals surface area contributed by atoms with E-state index >= 15 is 0 Å². The Morgan fingerprint density at radius 3 is 2.35 bits per heavy atom. The van der Waals surface area contributed by atoms with Crippen LogP contribution in [0, 0.1) is 6.92 Å². The predicted molar refractivity (Wildman–Crippen MR) is 87.7 cm³/mol. The first-order valence-electron chi connectivity index (χ1n) is 5.70. The molecule has 0 unspecified atom stereocenters. The van der Waals surface area contributed by atoms with E-state index in [-0.39, 0.29) is 21.6 Å². The fourth-order valence-corrected chi connectivity index (χ4v) is 2.46. The summed E-state index contributed by atoms with van der Waals surface area (Å²) in [7, 11) is 0. The number of benzene rings is 2. The van der Waals surface area contributed by atoms with Gasteiger partial charge in [-0.05, 0) is 36.8 Å². The van der Waals surface area contributed by atoms with Crippen LogP contribution in [0.15, 0.2) is 34.8 Å². The molecule has 2 aromatic carbocycles. The van der Waals surface area contributed by atoms with Crippen LogP contribution in [0.3, 0.4) is 0 Å². The van der Waals surface area contributed by atoms with Gasteiger partial charge in [0.1, 0.15) is 0 Å². The number of carbonyl (C=O) groups is 1. The van der Waals surface area contributed by atoms with Crippen LogP contribution < -0.4 is 11.1 Å². The Labute approximate surface area is 135 Å². The summed E-state index contributed by atoms with van der Waals surface area (Å²) in [6, 6.07) is 8.53. The lowest BCUT2D eigenvalue weighted by molar-refractivity contribution is 0.102. The second-order valence-corrected chi connectivity index (χ2v) is 5.94. The second-order valence-electron chi connectivity index (χ2n) is 4.27. The summed E-state index contributed by atoms with van der Waals surface area (Å²) >= 11 is 15.2. The Hall–Kier alpha value is -1.23. The van der Waals surface area contributed by atoms with Crippen LogP contribution in [-0.2, 0) is 0 Å². The molecule has 0 spiro atoms. The van der Waals surface area contributed by atoms with Gasteiger partial charge in [-0.15, -0.1) is 0 Å². The Morgan fingerprint density at radius 1 is 1.20 bits per heavy atom. The number of aryl methyl sites for hydroxylation is 1. The molecule has 1 amide bonds. The quantitative estimate of drug-likeness (QED) is 0.735. The maximum atomic E-state index is 12.1. The van der Waals surface area contributed by atoms with Crippen LogP contribution in [0.25, 0.3) is 0 Å². The minimum Gasteiger partial charge on any atom is -0.396 e. The SMILES string of the molecule is Cc1ccc(NC(=O)c2cc(Cl)c(N)c(Cl)c2)cc1Br. The summed E-state index contributed by atoms with van der Waals surface area (Å²) in [5, 5.41) is 3.29. The number of halogens is 3. The standard InChI is InChI=1S/C14H11BrCl2N2O/c1-7-2-3-9(6-10(7)15)19-14(20)8-4-11(16)13(18)12(17)5-8/h2-6H,18H2,1H3,(H,19,20). The molecule has 0 saturated carbocycles. The van der Waals surface area contributed by atoms with Gasteiger partial charge < -0.3 is 11.1 Å². The lowest BCUT2D eigenvalue weighted by atomic mass is 10.1. The molecule has 0 bridgehead atoms. The maximum Gasteiger partial charge on any atom is 0.255 e. The maximum absolute atomic E-state index is 12.1. The number of nitrogens with two attached hydrogens (primary N) is 1. The van der Waals surface area contributed by atoms with E-state index < -0.39 is 0 Å². The van der Waals surface area contributed by atoms with E-state index in [1.54, 1.807) is 0 Å². The lowest BCUT2D eigenvalue weighted by Gasteiger charge is -2.09. The fraction of sp³-hybridized carbons (Fsp3) is 0.0714. The molecule has 6 heteroatoms. The molecule has 0 saturated heterocycles. The molecule has 2 rings (SSSR count). The van der Waals surface area contributed by atoms with Crippen molar-refractivity contribution in [3.63, 3.8) is 0 Å². The molecule has 0 radical (unpaired) electrons. The third kappa shape index (κ3) is 3.26. The first-order valence-corrected chi connectivity index (χ1v) is 7.25. The Kier molecular flexibility index (Phi) is 4.58. The molecule has 3 nitrogen and oxygen atoms in total. The molecule has 0 atom stereocenters. The number of carbonyl (C=O) groups excluding carboxylic acids is 1. The van der Waals surface area contributed by atoms with Crippen molar-refractivity contribution in [2.24, 2.45) is 0 Å². The summed E-state index contributed by atoms with van der Waals surface area (Å²) in [5.74, 6) is -0.301. The smallest absolute Gasteiger partial charge is 0.255 e. The molecular formula is C14H11BrCl2N2O. The topological polar surface area (TPSA) is 55.1 Å². The molecule has 0 aliphatic carbocycles. The molecule has 0 aliphatic heterocycles. The zero-order valence-corrected chi connectivity index (χ0v) is 13.6. The molecule has 3 N–H and O–H groups in total. The van der Waals surface area contributed by atoms with Gasteiger partial charge in [0.05, 0.1) is 15.7 Å². The minimum absolute atomic E-state index is 0.257. The highest BCUT2D eigenvalue weighted by Gasteiger charge is 2.11. The van der Waals surface area contributed by atoms with Crippen LogP contribution in [-0.4, -0.2) is 5.91 Å². The number of anilines is 2.